The lowest BCUT2D eigenvalue weighted by molar-refractivity contribution is 0.286. The van der Waals surface area contributed by atoms with Crippen molar-refractivity contribution in [2.75, 3.05) is 19.0 Å². The monoisotopic (exact) mass is 269 g/mol. The van der Waals surface area contributed by atoms with Gasteiger partial charge >= 0.3 is 0 Å². The Labute approximate surface area is 119 Å². The Morgan fingerprint density at radius 3 is 2.75 bits per heavy atom. The topological polar surface area (TPSA) is 30.5 Å². The molecule has 0 bridgehead atoms. The van der Waals surface area contributed by atoms with E-state index in [0.29, 0.717) is 6.61 Å². The van der Waals surface area contributed by atoms with Crippen molar-refractivity contribution in [3.05, 3.63) is 53.1 Å². The first-order valence-corrected chi connectivity index (χ1v) is 6.82. The van der Waals surface area contributed by atoms with Gasteiger partial charge < -0.3 is 14.8 Å². The number of methoxy groups -OCH3 is 1. The second-order valence-corrected chi connectivity index (χ2v) is 5.18. The number of hydrogen-bond donors (Lipinski definition) is 1. The fourth-order valence-electron chi connectivity index (χ4n) is 2.69. The van der Waals surface area contributed by atoms with Gasteiger partial charge in [0.25, 0.3) is 0 Å². The molecule has 0 spiro atoms. The summed E-state index contributed by atoms with van der Waals surface area (Å²) in [5, 5.41) is 3.55. The summed E-state index contributed by atoms with van der Waals surface area (Å²) in [5.41, 5.74) is 4.68. The van der Waals surface area contributed by atoms with E-state index in [1.165, 1.54) is 11.1 Å². The van der Waals surface area contributed by atoms with Gasteiger partial charge in [0.1, 0.15) is 18.1 Å². The number of nitrogens with one attached hydrogen (secondary N) is 1. The molecule has 0 radical (unpaired) electrons. The van der Waals surface area contributed by atoms with Crippen molar-refractivity contribution in [3.63, 3.8) is 0 Å². The fraction of sp³-hybridized carbons (Fsp3) is 0.294. The minimum atomic E-state index is 0.175. The maximum Gasteiger partial charge on any atom is 0.142 e. The number of fused-ring (bicyclic) bond motifs is 1. The molecule has 1 aliphatic rings. The molecule has 3 nitrogen and oxygen atoms in total. The number of anilines is 1. The number of rotatable bonds is 2. The summed E-state index contributed by atoms with van der Waals surface area (Å²) in [7, 11) is 1.71. The van der Waals surface area contributed by atoms with Crippen molar-refractivity contribution in [2.45, 2.75) is 19.9 Å². The van der Waals surface area contributed by atoms with Gasteiger partial charge in [0, 0.05) is 0 Å². The van der Waals surface area contributed by atoms with E-state index in [0.717, 1.165) is 22.7 Å². The van der Waals surface area contributed by atoms with E-state index >= 15 is 0 Å². The first-order valence-electron chi connectivity index (χ1n) is 6.82. The molecule has 0 fully saturated rings. The Kier molecular flexibility index (Phi) is 3.26. The van der Waals surface area contributed by atoms with Crippen LogP contribution in [0.2, 0.25) is 0 Å². The molecule has 1 N–H and O–H groups in total. The predicted molar refractivity (Wildman–Crippen MR) is 80.8 cm³/mol. The van der Waals surface area contributed by atoms with Crippen LogP contribution in [0.1, 0.15) is 22.7 Å². The number of aryl methyl sites for hydroxylation is 2. The number of hydrogen-bond acceptors (Lipinski definition) is 3. The van der Waals surface area contributed by atoms with Crippen LogP contribution in [-0.2, 0) is 0 Å². The van der Waals surface area contributed by atoms with Crippen molar-refractivity contribution in [2.24, 2.45) is 0 Å². The molecule has 1 unspecified atom stereocenters. The second kappa shape index (κ2) is 5.08. The van der Waals surface area contributed by atoms with Crippen molar-refractivity contribution in [1.82, 2.24) is 0 Å². The first-order chi connectivity index (χ1) is 9.69. The smallest absolute Gasteiger partial charge is 0.142 e. The number of benzene rings is 2. The molecule has 0 saturated carbocycles. The largest absolute Gasteiger partial charge is 0.496 e. The summed E-state index contributed by atoms with van der Waals surface area (Å²) in [4.78, 5) is 0. The summed E-state index contributed by atoms with van der Waals surface area (Å²) in [6, 6.07) is 12.5. The van der Waals surface area contributed by atoms with E-state index in [2.05, 4.69) is 31.3 Å². The van der Waals surface area contributed by atoms with Crippen molar-refractivity contribution >= 4 is 5.69 Å². The lowest BCUT2D eigenvalue weighted by Crippen LogP contribution is -2.24. The van der Waals surface area contributed by atoms with Crippen LogP contribution in [0.5, 0.6) is 11.5 Å². The Bertz CT molecular complexity index is 637. The van der Waals surface area contributed by atoms with Crippen molar-refractivity contribution in [1.29, 1.82) is 0 Å². The van der Waals surface area contributed by atoms with Gasteiger partial charge in [-0.3, -0.25) is 0 Å². The Balaban J connectivity index is 1.94. The van der Waals surface area contributed by atoms with Crippen molar-refractivity contribution < 1.29 is 9.47 Å². The van der Waals surface area contributed by atoms with E-state index in [1.807, 2.05) is 24.3 Å². The van der Waals surface area contributed by atoms with E-state index in [-0.39, 0.29) is 6.04 Å². The zero-order chi connectivity index (χ0) is 14.1. The number of ether oxygens (including phenoxy) is 2. The van der Waals surface area contributed by atoms with Crippen LogP contribution in [0.4, 0.5) is 5.69 Å². The molecule has 104 valence electrons. The van der Waals surface area contributed by atoms with Gasteiger partial charge in [0.15, 0.2) is 0 Å². The third kappa shape index (κ3) is 2.20. The molecule has 3 heteroatoms. The molecular formula is C17H19NO2. The summed E-state index contributed by atoms with van der Waals surface area (Å²) >= 11 is 0. The summed E-state index contributed by atoms with van der Waals surface area (Å²) in [5.74, 6) is 1.86. The molecule has 0 amide bonds. The summed E-state index contributed by atoms with van der Waals surface area (Å²) in [6.07, 6.45) is 0. The first kappa shape index (κ1) is 12.9. The zero-order valence-corrected chi connectivity index (χ0v) is 12.1. The molecule has 1 aliphatic heterocycles. The van der Waals surface area contributed by atoms with Crippen LogP contribution < -0.4 is 14.8 Å². The highest BCUT2D eigenvalue weighted by atomic mass is 16.5. The van der Waals surface area contributed by atoms with Gasteiger partial charge in [-0.25, -0.2) is 0 Å². The van der Waals surface area contributed by atoms with Gasteiger partial charge in [-0.2, -0.15) is 0 Å². The molecule has 20 heavy (non-hydrogen) atoms. The molecule has 1 heterocycles. The normalized spacial score (nSPS) is 16.9. The highest BCUT2D eigenvalue weighted by Crippen LogP contribution is 2.35. The summed E-state index contributed by atoms with van der Waals surface area (Å²) in [6.45, 7) is 4.82. The Morgan fingerprint density at radius 1 is 1.15 bits per heavy atom. The quantitative estimate of drug-likeness (QED) is 0.898. The third-order valence-electron chi connectivity index (χ3n) is 3.78. The maximum absolute atomic E-state index is 5.85. The van der Waals surface area contributed by atoms with E-state index < -0.39 is 0 Å². The lowest BCUT2D eigenvalue weighted by atomic mass is 9.97. The predicted octanol–water partition coefficient (Wildman–Crippen LogP) is 3.86. The maximum atomic E-state index is 5.85. The average molecular weight is 269 g/mol. The van der Waals surface area contributed by atoms with Gasteiger partial charge in [-0.1, -0.05) is 12.1 Å². The van der Waals surface area contributed by atoms with Gasteiger partial charge in [0.05, 0.1) is 18.8 Å². The second-order valence-electron chi connectivity index (χ2n) is 5.18. The lowest BCUT2D eigenvalue weighted by Gasteiger charge is -2.29. The minimum absolute atomic E-state index is 0.175. The standard InChI is InChI=1S/C17H19NO2/c1-11-9-17(19-3)12(2)8-13(11)15-10-20-16-7-5-4-6-14(16)18-15/h4-9,15,18H,10H2,1-3H3. The minimum Gasteiger partial charge on any atom is -0.496 e. The van der Waals surface area contributed by atoms with Crippen LogP contribution in [0, 0.1) is 13.8 Å². The van der Waals surface area contributed by atoms with Gasteiger partial charge in [0.2, 0.25) is 0 Å². The fourth-order valence-corrected chi connectivity index (χ4v) is 2.69. The van der Waals surface area contributed by atoms with E-state index in [4.69, 9.17) is 9.47 Å². The van der Waals surface area contributed by atoms with Crippen molar-refractivity contribution in [3.8, 4) is 11.5 Å². The molecule has 0 aliphatic carbocycles. The van der Waals surface area contributed by atoms with Crippen LogP contribution in [0.25, 0.3) is 0 Å². The van der Waals surface area contributed by atoms with Crippen LogP contribution >= 0.6 is 0 Å². The number of para-hydroxylation sites is 2. The molecule has 3 rings (SSSR count). The molecule has 2 aromatic rings. The SMILES string of the molecule is COc1cc(C)c(C2COc3ccccc3N2)cc1C. The highest BCUT2D eigenvalue weighted by Gasteiger charge is 2.22. The summed E-state index contributed by atoms with van der Waals surface area (Å²) < 4.78 is 11.2. The molecule has 0 saturated heterocycles. The third-order valence-corrected chi connectivity index (χ3v) is 3.78. The van der Waals surface area contributed by atoms with Crippen LogP contribution in [-0.4, -0.2) is 13.7 Å². The van der Waals surface area contributed by atoms with Crippen LogP contribution in [0.15, 0.2) is 36.4 Å². The zero-order valence-electron chi connectivity index (χ0n) is 12.1. The van der Waals surface area contributed by atoms with Gasteiger partial charge in [-0.05, 0) is 54.8 Å². The van der Waals surface area contributed by atoms with Gasteiger partial charge in [-0.15, -0.1) is 0 Å². The molecule has 0 aromatic heterocycles. The Hall–Kier alpha value is -2.16. The highest BCUT2D eigenvalue weighted by molar-refractivity contribution is 5.59. The Morgan fingerprint density at radius 2 is 1.95 bits per heavy atom. The average Bonchev–Trinajstić information content (AvgIpc) is 2.48. The molecule has 1 atom stereocenters. The molecular weight excluding hydrogens is 250 g/mol. The van der Waals surface area contributed by atoms with Crippen LogP contribution in [0.3, 0.4) is 0 Å². The van der Waals surface area contributed by atoms with E-state index in [9.17, 15) is 0 Å². The van der Waals surface area contributed by atoms with E-state index in [1.54, 1.807) is 7.11 Å². The molecule has 2 aromatic carbocycles.